The van der Waals surface area contributed by atoms with Crippen LogP contribution in [0.15, 0.2) is 48.5 Å². The summed E-state index contributed by atoms with van der Waals surface area (Å²) in [5, 5.41) is 9.84. The zero-order valence-electron chi connectivity index (χ0n) is 19.8. The number of fused-ring (bicyclic) bond motifs is 1. The molecule has 1 heterocycles. The largest absolute Gasteiger partial charge is 0.508 e. The van der Waals surface area contributed by atoms with Gasteiger partial charge in [0.1, 0.15) is 5.75 Å². The lowest BCUT2D eigenvalue weighted by molar-refractivity contribution is 0.190. The van der Waals surface area contributed by atoms with Crippen LogP contribution in [0.4, 0.5) is 5.69 Å². The van der Waals surface area contributed by atoms with Gasteiger partial charge in [-0.2, -0.15) is 0 Å². The van der Waals surface area contributed by atoms with Crippen molar-refractivity contribution in [2.75, 3.05) is 50.7 Å². The number of hydrogen-bond acceptors (Lipinski definition) is 4. The maximum Gasteiger partial charge on any atom is 0.115 e. The second-order valence-electron chi connectivity index (χ2n) is 8.90. The summed E-state index contributed by atoms with van der Waals surface area (Å²) < 4.78 is 0. The normalized spacial score (nSPS) is 17.5. The van der Waals surface area contributed by atoms with Crippen molar-refractivity contribution in [3.8, 4) is 18.1 Å². The maximum absolute atomic E-state index is 9.84. The zero-order valence-corrected chi connectivity index (χ0v) is 24.9. The molecule has 1 atom stereocenters. The van der Waals surface area contributed by atoms with E-state index >= 15 is 0 Å². The summed E-state index contributed by atoms with van der Waals surface area (Å²) in [7, 11) is 0. The van der Waals surface area contributed by atoms with E-state index in [1.807, 2.05) is 6.07 Å². The Morgan fingerprint density at radius 1 is 0.941 bits per heavy atom. The molecule has 0 saturated carbocycles. The van der Waals surface area contributed by atoms with Gasteiger partial charge in [0, 0.05) is 37.9 Å². The average Bonchev–Trinajstić information content (AvgIpc) is 2.81. The molecule has 34 heavy (non-hydrogen) atoms. The molecule has 0 radical (unpaired) electrons. The minimum absolute atomic E-state index is 0. The number of phenols is 1. The van der Waals surface area contributed by atoms with Gasteiger partial charge in [-0.05, 0) is 80.6 Å². The fraction of sp³-hybridized carbons (Fsp3) is 0.481. The smallest absolute Gasteiger partial charge is 0.115 e. The van der Waals surface area contributed by atoms with Crippen LogP contribution in [0.25, 0.3) is 0 Å². The lowest BCUT2D eigenvalue weighted by atomic mass is 9.87. The van der Waals surface area contributed by atoms with Crippen LogP contribution in [-0.4, -0.2) is 66.8 Å². The van der Waals surface area contributed by atoms with Crippen LogP contribution in [0.3, 0.4) is 0 Å². The van der Waals surface area contributed by atoms with Gasteiger partial charge >= 0.3 is 0 Å². The highest BCUT2D eigenvalue weighted by Gasteiger charge is 2.24. The van der Waals surface area contributed by atoms with Crippen LogP contribution in [0.1, 0.15) is 30.4 Å². The Morgan fingerprint density at radius 3 is 2.38 bits per heavy atom. The molecule has 1 aliphatic carbocycles. The molecule has 1 saturated heterocycles. The first kappa shape index (κ1) is 31.0. The molecule has 1 fully saturated rings. The number of unbranched alkanes of at least 4 members (excludes halogenated alkanes) is 1. The predicted octanol–water partition coefficient (Wildman–Crippen LogP) is 5.52. The van der Waals surface area contributed by atoms with Crippen LogP contribution in [-0.2, 0) is 12.8 Å². The summed E-state index contributed by atoms with van der Waals surface area (Å²) in [6.45, 7) is 7.47. The van der Waals surface area contributed by atoms with E-state index in [1.54, 1.807) is 6.07 Å². The van der Waals surface area contributed by atoms with E-state index in [0.29, 0.717) is 18.3 Å². The number of terminal acetylenes is 1. The van der Waals surface area contributed by atoms with E-state index in [-0.39, 0.29) is 50.9 Å². The quantitative estimate of drug-likeness (QED) is 0.299. The third kappa shape index (κ3) is 8.57. The van der Waals surface area contributed by atoms with Crippen molar-refractivity contribution in [3.05, 3.63) is 59.7 Å². The number of phenolic OH excluding ortho intramolecular Hbond substituents is 1. The molecule has 0 spiro atoms. The summed E-state index contributed by atoms with van der Waals surface area (Å²) in [6.07, 6.45) is 11.3. The van der Waals surface area contributed by atoms with E-state index < -0.39 is 0 Å². The highest BCUT2D eigenvalue weighted by molar-refractivity contribution is 8.93. The van der Waals surface area contributed by atoms with Crippen molar-refractivity contribution >= 4 is 56.6 Å². The van der Waals surface area contributed by atoms with Gasteiger partial charge in [-0.15, -0.1) is 57.4 Å². The monoisotopic (exact) mass is 657 g/mol. The Hall–Kier alpha value is -1.04. The standard InChI is InChI=1S/C27H35N3O.3BrH/c1-2-14-29(26-12-10-23-11-13-27(31)22-24(23)21-26)16-7-6-15-28-17-19-30(20-18-28)25-8-4-3-5-9-25;;;/h1,3-5,8-9,11,13,22,26,31H,6-7,10,12,14-21H2;3*1H/t26-;;;/m1.../s1. The summed E-state index contributed by atoms with van der Waals surface area (Å²) >= 11 is 0. The van der Waals surface area contributed by atoms with E-state index in [4.69, 9.17) is 6.42 Å². The second kappa shape index (κ2) is 15.9. The molecule has 188 valence electrons. The first-order chi connectivity index (χ1) is 15.2. The molecular weight excluding hydrogens is 622 g/mol. The summed E-state index contributed by atoms with van der Waals surface area (Å²) in [5.74, 6) is 3.24. The third-order valence-electron chi connectivity index (χ3n) is 6.87. The molecule has 0 amide bonds. The number of piperazine rings is 1. The number of hydrogen-bond donors (Lipinski definition) is 1. The zero-order chi connectivity index (χ0) is 21.5. The Morgan fingerprint density at radius 2 is 1.68 bits per heavy atom. The van der Waals surface area contributed by atoms with Gasteiger partial charge in [0.2, 0.25) is 0 Å². The first-order valence-corrected chi connectivity index (χ1v) is 11.7. The van der Waals surface area contributed by atoms with Gasteiger partial charge < -0.3 is 10.0 Å². The van der Waals surface area contributed by atoms with Crippen LogP contribution in [0.2, 0.25) is 0 Å². The molecule has 0 unspecified atom stereocenters. The predicted molar refractivity (Wildman–Crippen MR) is 160 cm³/mol. The molecule has 4 rings (SSSR count). The fourth-order valence-corrected chi connectivity index (χ4v) is 5.06. The van der Waals surface area contributed by atoms with Crippen LogP contribution in [0, 0.1) is 12.3 Å². The fourth-order valence-electron chi connectivity index (χ4n) is 5.06. The van der Waals surface area contributed by atoms with Gasteiger partial charge in [-0.3, -0.25) is 9.80 Å². The number of para-hydroxylation sites is 1. The Kier molecular flexibility index (Phi) is 14.4. The van der Waals surface area contributed by atoms with E-state index in [1.165, 1.54) is 36.2 Å². The molecule has 2 aromatic carbocycles. The number of halogens is 3. The molecule has 7 heteroatoms. The third-order valence-corrected chi connectivity index (χ3v) is 6.87. The Bertz CT molecular complexity index is 882. The van der Waals surface area contributed by atoms with Crippen molar-refractivity contribution in [1.29, 1.82) is 0 Å². The van der Waals surface area contributed by atoms with Gasteiger partial charge in [0.05, 0.1) is 6.54 Å². The molecular formula is C27H38Br3N3O. The average molecular weight is 660 g/mol. The molecule has 2 aromatic rings. The van der Waals surface area contributed by atoms with Crippen LogP contribution < -0.4 is 4.90 Å². The van der Waals surface area contributed by atoms with Crippen molar-refractivity contribution in [3.63, 3.8) is 0 Å². The van der Waals surface area contributed by atoms with Crippen molar-refractivity contribution in [2.24, 2.45) is 0 Å². The van der Waals surface area contributed by atoms with Gasteiger partial charge in [-0.25, -0.2) is 0 Å². The lowest BCUT2D eigenvalue weighted by Crippen LogP contribution is -2.46. The summed E-state index contributed by atoms with van der Waals surface area (Å²) in [5.41, 5.74) is 4.01. The van der Waals surface area contributed by atoms with Gasteiger partial charge in [-0.1, -0.05) is 30.2 Å². The number of nitrogens with zero attached hydrogens (tertiary/aromatic N) is 3. The van der Waals surface area contributed by atoms with Crippen molar-refractivity contribution < 1.29 is 5.11 Å². The number of aryl methyl sites for hydroxylation is 1. The lowest BCUT2D eigenvalue weighted by Gasteiger charge is -2.36. The van der Waals surface area contributed by atoms with Crippen LogP contribution >= 0.6 is 50.9 Å². The van der Waals surface area contributed by atoms with Crippen molar-refractivity contribution in [1.82, 2.24) is 9.80 Å². The Labute approximate surface area is 237 Å². The molecule has 4 nitrogen and oxygen atoms in total. The first-order valence-electron chi connectivity index (χ1n) is 11.7. The molecule has 0 aromatic heterocycles. The Balaban J connectivity index is 0.00000193. The maximum atomic E-state index is 9.84. The highest BCUT2D eigenvalue weighted by Crippen LogP contribution is 2.27. The molecule has 2 aliphatic rings. The van der Waals surface area contributed by atoms with Gasteiger partial charge in [0.25, 0.3) is 0 Å². The minimum atomic E-state index is 0. The molecule has 0 bridgehead atoms. The summed E-state index contributed by atoms with van der Waals surface area (Å²) in [4.78, 5) is 7.58. The molecule has 1 N–H and O–H groups in total. The topological polar surface area (TPSA) is 30.0 Å². The number of benzene rings is 2. The number of anilines is 1. The van der Waals surface area contributed by atoms with E-state index in [2.05, 4.69) is 57.0 Å². The second-order valence-corrected chi connectivity index (χ2v) is 8.90. The van der Waals surface area contributed by atoms with Crippen LogP contribution in [0.5, 0.6) is 5.75 Å². The van der Waals surface area contributed by atoms with Gasteiger partial charge in [0.15, 0.2) is 0 Å². The summed E-state index contributed by atoms with van der Waals surface area (Å²) in [6, 6.07) is 17.0. The molecule has 1 aliphatic heterocycles. The number of aromatic hydroxyl groups is 1. The SMILES string of the molecule is Br.Br.Br.C#CCN(CCCCN1CCN(c2ccccc2)CC1)[C@@H]1CCc2ccc(O)cc2C1. The van der Waals surface area contributed by atoms with Crippen molar-refractivity contribution in [2.45, 2.75) is 38.1 Å². The van der Waals surface area contributed by atoms with E-state index in [9.17, 15) is 5.11 Å². The minimum Gasteiger partial charge on any atom is -0.508 e. The number of rotatable bonds is 8. The highest BCUT2D eigenvalue weighted by atomic mass is 79.9. The van der Waals surface area contributed by atoms with E-state index in [0.717, 1.165) is 52.0 Å².